The fourth-order valence-electron chi connectivity index (χ4n) is 2.48. The van der Waals surface area contributed by atoms with E-state index < -0.39 is 0 Å². The van der Waals surface area contributed by atoms with E-state index in [-0.39, 0.29) is 11.3 Å². The minimum Gasteiger partial charge on any atom is -0.352 e. The number of hydrogen-bond donors (Lipinski definition) is 1. The van der Waals surface area contributed by atoms with Crippen LogP contribution in [0.1, 0.15) is 43.7 Å². The van der Waals surface area contributed by atoms with E-state index in [0.29, 0.717) is 6.54 Å². The van der Waals surface area contributed by atoms with Crippen molar-refractivity contribution in [1.29, 1.82) is 0 Å². The monoisotopic (exact) mass is 231 g/mol. The Balaban J connectivity index is 1.89. The number of amides is 1. The van der Waals surface area contributed by atoms with Gasteiger partial charge in [-0.1, -0.05) is 49.6 Å². The van der Waals surface area contributed by atoms with Crippen LogP contribution in [0, 0.1) is 12.3 Å². The summed E-state index contributed by atoms with van der Waals surface area (Å²) in [4.78, 5) is 12.1. The molecular weight excluding hydrogens is 210 g/mol. The van der Waals surface area contributed by atoms with Crippen LogP contribution >= 0.6 is 0 Å². The van der Waals surface area contributed by atoms with Crippen molar-refractivity contribution in [3.05, 3.63) is 35.4 Å². The zero-order valence-electron chi connectivity index (χ0n) is 10.8. The molecule has 0 unspecified atom stereocenters. The van der Waals surface area contributed by atoms with Crippen molar-refractivity contribution in [1.82, 2.24) is 5.32 Å². The summed E-state index contributed by atoms with van der Waals surface area (Å²) in [6.45, 7) is 4.81. The first-order valence-electron chi connectivity index (χ1n) is 6.44. The van der Waals surface area contributed by atoms with Gasteiger partial charge in [-0.15, -0.1) is 0 Å². The smallest absolute Gasteiger partial charge is 0.226 e. The highest BCUT2D eigenvalue weighted by atomic mass is 16.2. The van der Waals surface area contributed by atoms with Crippen molar-refractivity contribution in [3.63, 3.8) is 0 Å². The summed E-state index contributed by atoms with van der Waals surface area (Å²) in [5.74, 6) is 0.218. The summed E-state index contributed by atoms with van der Waals surface area (Å²) < 4.78 is 0. The third kappa shape index (κ3) is 2.87. The zero-order valence-corrected chi connectivity index (χ0v) is 10.8. The molecule has 1 saturated carbocycles. The molecule has 1 amide bonds. The maximum atomic E-state index is 12.1. The van der Waals surface area contributed by atoms with Gasteiger partial charge in [0.1, 0.15) is 0 Å². The maximum Gasteiger partial charge on any atom is 0.226 e. The lowest BCUT2D eigenvalue weighted by Gasteiger charge is -2.22. The standard InChI is InChI=1S/C15H21NO/c1-12-5-7-13(8-6-12)11-16-14(17)15(2)9-3-4-10-15/h5-8H,3-4,9-11H2,1-2H3,(H,16,17). The largest absolute Gasteiger partial charge is 0.352 e. The number of benzene rings is 1. The topological polar surface area (TPSA) is 29.1 Å². The van der Waals surface area contributed by atoms with Gasteiger partial charge >= 0.3 is 0 Å². The molecular formula is C15H21NO. The van der Waals surface area contributed by atoms with Crippen LogP contribution in [0.4, 0.5) is 0 Å². The average Bonchev–Trinajstić information content (AvgIpc) is 2.76. The van der Waals surface area contributed by atoms with Crippen molar-refractivity contribution in [2.75, 3.05) is 0 Å². The van der Waals surface area contributed by atoms with Gasteiger partial charge in [0, 0.05) is 12.0 Å². The normalized spacial score (nSPS) is 18.0. The van der Waals surface area contributed by atoms with E-state index >= 15 is 0 Å². The third-order valence-electron chi connectivity index (χ3n) is 3.83. The molecule has 0 atom stereocenters. The summed E-state index contributed by atoms with van der Waals surface area (Å²) in [6.07, 6.45) is 4.45. The van der Waals surface area contributed by atoms with Gasteiger partial charge in [0.25, 0.3) is 0 Å². The molecule has 0 radical (unpaired) electrons. The van der Waals surface area contributed by atoms with Crippen LogP contribution in [0.25, 0.3) is 0 Å². The van der Waals surface area contributed by atoms with E-state index in [4.69, 9.17) is 0 Å². The highest BCUT2D eigenvalue weighted by Crippen LogP contribution is 2.37. The summed E-state index contributed by atoms with van der Waals surface area (Å²) in [5.41, 5.74) is 2.30. The molecule has 0 bridgehead atoms. The van der Waals surface area contributed by atoms with E-state index in [1.807, 2.05) is 0 Å². The predicted octanol–water partition coefficient (Wildman–Crippen LogP) is 3.19. The number of carbonyl (C=O) groups is 1. The lowest BCUT2D eigenvalue weighted by molar-refractivity contribution is -0.130. The van der Waals surface area contributed by atoms with Gasteiger partial charge in [-0.3, -0.25) is 4.79 Å². The SMILES string of the molecule is Cc1ccc(CNC(=O)C2(C)CCCC2)cc1. The van der Waals surface area contributed by atoms with Crippen LogP contribution in [-0.4, -0.2) is 5.91 Å². The highest BCUT2D eigenvalue weighted by molar-refractivity contribution is 5.82. The van der Waals surface area contributed by atoms with Crippen LogP contribution in [0.5, 0.6) is 0 Å². The molecule has 0 heterocycles. The highest BCUT2D eigenvalue weighted by Gasteiger charge is 2.35. The second kappa shape index (κ2) is 4.91. The molecule has 1 aromatic carbocycles. The van der Waals surface area contributed by atoms with Crippen molar-refractivity contribution < 1.29 is 4.79 Å². The lowest BCUT2D eigenvalue weighted by atomic mass is 9.88. The summed E-state index contributed by atoms with van der Waals surface area (Å²) in [5, 5.41) is 3.06. The Labute approximate surface area is 103 Å². The van der Waals surface area contributed by atoms with E-state index in [9.17, 15) is 4.79 Å². The molecule has 1 N–H and O–H groups in total. The fourth-order valence-corrected chi connectivity index (χ4v) is 2.48. The van der Waals surface area contributed by atoms with E-state index in [2.05, 4.69) is 43.4 Å². The van der Waals surface area contributed by atoms with Gasteiger partial charge < -0.3 is 5.32 Å². The maximum absolute atomic E-state index is 12.1. The van der Waals surface area contributed by atoms with Gasteiger partial charge in [0.2, 0.25) is 5.91 Å². The van der Waals surface area contributed by atoms with Crippen molar-refractivity contribution in [2.45, 2.75) is 46.1 Å². The molecule has 2 rings (SSSR count). The van der Waals surface area contributed by atoms with Crippen LogP contribution in [0.3, 0.4) is 0 Å². The van der Waals surface area contributed by atoms with Crippen LogP contribution < -0.4 is 5.32 Å². The first-order valence-corrected chi connectivity index (χ1v) is 6.44. The fraction of sp³-hybridized carbons (Fsp3) is 0.533. The van der Waals surface area contributed by atoms with Gasteiger partial charge in [0.15, 0.2) is 0 Å². The summed E-state index contributed by atoms with van der Waals surface area (Å²) in [6, 6.07) is 8.32. The molecule has 0 saturated heterocycles. The molecule has 2 nitrogen and oxygen atoms in total. The van der Waals surface area contributed by atoms with Crippen LogP contribution in [-0.2, 0) is 11.3 Å². The molecule has 0 aromatic heterocycles. The van der Waals surface area contributed by atoms with Crippen LogP contribution in [0.2, 0.25) is 0 Å². The van der Waals surface area contributed by atoms with E-state index in [0.717, 1.165) is 12.8 Å². The Hall–Kier alpha value is -1.31. The van der Waals surface area contributed by atoms with E-state index in [1.165, 1.54) is 24.0 Å². The molecule has 0 spiro atoms. The number of nitrogens with one attached hydrogen (secondary N) is 1. The average molecular weight is 231 g/mol. The molecule has 1 aliphatic rings. The van der Waals surface area contributed by atoms with Gasteiger partial charge in [-0.05, 0) is 25.3 Å². The minimum absolute atomic E-state index is 0.120. The Bertz CT molecular complexity index is 388. The quantitative estimate of drug-likeness (QED) is 0.850. The number of carbonyl (C=O) groups excluding carboxylic acids is 1. The Morgan fingerprint density at radius 1 is 1.24 bits per heavy atom. The second-order valence-corrected chi connectivity index (χ2v) is 5.44. The predicted molar refractivity (Wildman–Crippen MR) is 69.6 cm³/mol. The molecule has 92 valence electrons. The first kappa shape index (κ1) is 12.2. The van der Waals surface area contributed by atoms with Gasteiger partial charge in [-0.25, -0.2) is 0 Å². The Morgan fingerprint density at radius 3 is 2.41 bits per heavy atom. The molecule has 1 aromatic rings. The first-order chi connectivity index (χ1) is 8.10. The van der Waals surface area contributed by atoms with Crippen molar-refractivity contribution in [2.24, 2.45) is 5.41 Å². The summed E-state index contributed by atoms with van der Waals surface area (Å²) >= 11 is 0. The van der Waals surface area contributed by atoms with Gasteiger partial charge in [-0.2, -0.15) is 0 Å². The molecule has 1 fully saturated rings. The second-order valence-electron chi connectivity index (χ2n) is 5.44. The number of rotatable bonds is 3. The lowest BCUT2D eigenvalue weighted by Crippen LogP contribution is -2.36. The summed E-state index contributed by atoms with van der Waals surface area (Å²) in [7, 11) is 0. The molecule has 1 aliphatic carbocycles. The van der Waals surface area contributed by atoms with Gasteiger partial charge in [0.05, 0.1) is 0 Å². The minimum atomic E-state index is -0.120. The van der Waals surface area contributed by atoms with Crippen molar-refractivity contribution in [3.8, 4) is 0 Å². The molecule has 2 heteroatoms. The number of aryl methyl sites for hydroxylation is 1. The molecule has 17 heavy (non-hydrogen) atoms. The van der Waals surface area contributed by atoms with Crippen molar-refractivity contribution >= 4 is 5.91 Å². The zero-order chi connectivity index (χ0) is 12.3. The van der Waals surface area contributed by atoms with E-state index in [1.54, 1.807) is 0 Å². The third-order valence-corrected chi connectivity index (χ3v) is 3.83. The number of hydrogen-bond acceptors (Lipinski definition) is 1. The molecule has 0 aliphatic heterocycles. The van der Waals surface area contributed by atoms with Crippen LogP contribution in [0.15, 0.2) is 24.3 Å². The Morgan fingerprint density at radius 2 is 1.82 bits per heavy atom. The Kier molecular flexibility index (Phi) is 3.51.